The molecule has 106 valence electrons. The topological polar surface area (TPSA) is 69.6 Å². The van der Waals surface area contributed by atoms with Crippen LogP contribution in [0.25, 0.3) is 11.4 Å². The lowest BCUT2D eigenvalue weighted by atomic mass is 10.0. The Hall–Kier alpha value is -1.98. The molecular weight excluding hydrogens is 257 g/mol. The number of nitrogens with zero attached hydrogens (tertiary/aromatic N) is 4. The zero-order valence-corrected chi connectivity index (χ0v) is 12.1. The standard InChI is InChI=1S/C14H18FN5/c1-13(2)12(14(13,3)4)20-11(17-18-19-20)8-5-9(15)7-10(16)6-8/h5-7,12H,16H2,1-4H3. The van der Waals surface area contributed by atoms with E-state index in [4.69, 9.17) is 5.73 Å². The normalized spacial score (nSPS) is 20.1. The van der Waals surface area contributed by atoms with Crippen molar-refractivity contribution in [3.63, 3.8) is 0 Å². The third-order valence-electron chi connectivity index (χ3n) is 4.86. The fourth-order valence-electron chi connectivity index (χ4n) is 3.07. The molecule has 1 aliphatic rings. The number of nitrogens with two attached hydrogens (primary N) is 1. The summed E-state index contributed by atoms with van der Waals surface area (Å²) in [5, 5.41) is 11.9. The lowest BCUT2D eigenvalue weighted by Gasteiger charge is -2.07. The van der Waals surface area contributed by atoms with Gasteiger partial charge in [-0.25, -0.2) is 9.07 Å². The van der Waals surface area contributed by atoms with Gasteiger partial charge in [-0.1, -0.05) is 27.7 Å². The van der Waals surface area contributed by atoms with E-state index in [1.807, 2.05) is 0 Å². The first-order valence-corrected chi connectivity index (χ1v) is 6.59. The van der Waals surface area contributed by atoms with Crippen LogP contribution in [0.2, 0.25) is 0 Å². The second kappa shape index (κ2) is 3.77. The van der Waals surface area contributed by atoms with Crippen molar-refractivity contribution >= 4 is 5.69 Å². The molecule has 0 bridgehead atoms. The molecule has 1 saturated carbocycles. The van der Waals surface area contributed by atoms with Gasteiger partial charge in [-0.15, -0.1) is 5.10 Å². The first-order valence-electron chi connectivity index (χ1n) is 6.59. The van der Waals surface area contributed by atoms with Crippen LogP contribution < -0.4 is 5.73 Å². The van der Waals surface area contributed by atoms with Gasteiger partial charge in [0.05, 0.1) is 6.04 Å². The molecule has 1 fully saturated rings. The minimum atomic E-state index is -0.385. The van der Waals surface area contributed by atoms with E-state index in [0.717, 1.165) is 0 Å². The maximum Gasteiger partial charge on any atom is 0.182 e. The molecule has 0 aliphatic heterocycles. The highest BCUT2D eigenvalue weighted by molar-refractivity contribution is 5.61. The molecule has 1 aliphatic carbocycles. The third kappa shape index (κ3) is 1.63. The van der Waals surface area contributed by atoms with E-state index in [9.17, 15) is 4.39 Å². The monoisotopic (exact) mass is 275 g/mol. The summed E-state index contributed by atoms with van der Waals surface area (Å²) in [5.41, 5.74) is 6.85. The average molecular weight is 275 g/mol. The van der Waals surface area contributed by atoms with Crippen molar-refractivity contribution in [2.24, 2.45) is 10.8 Å². The van der Waals surface area contributed by atoms with Gasteiger partial charge in [0.25, 0.3) is 0 Å². The molecule has 3 rings (SSSR count). The largest absolute Gasteiger partial charge is 0.399 e. The van der Waals surface area contributed by atoms with Gasteiger partial charge >= 0.3 is 0 Å². The Morgan fingerprint density at radius 1 is 1.15 bits per heavy atom. The van der Waals surface area contributed by atoms with Crippen LogP contribution in [-0.4, -0.2) is 20.2 Å². The minimum Gasteiger partial charge on any atom is -0.399 e. The average Bonchev–Trinajstić information content (AvgIpc) is 2.67. The Labute approximate surface area is 117 Å². The van der Waals surface area contributed by atoms with Crippen molar-refractivity contribution in [3.8, 4) is 11.4 Å². The van der Waals surface area contributed by atoms with Gasteiger partial charge in [-0.05, 0) is 39.5 Å². The van der Waals surface area contributed by atoms with Gasteiger partial charge in [0, 0.05) is 11.3 Å². The maximum absolute atomic E-state index is 13.5. The van der Waals surface area contributed by atoms with E-state index < -0.39 is 0 Å². The van der Waals surface area contributed by atoms with Crippen molar-refractivity contribution in [2.45, 2.75) is 33.7 Å². The number of rotatable bonds is 2. The zero-order chi connectivity index (χ0) is 14.7. The first kappa shape index (κ1) is 13.0. The Morgan fingerprint density at radius 3 is 2.35 bits per heavy atom. The van der Waals surface area contributed by atoms with E-state index in [0.29, 0.717) is 17.1 Å². The lowest BCUT2D eigenvalue weighted by Crippen LogP contribution is -2.06. The number of hydrogen-bond donors (Lipinski definition) is 1. The fraction of sp³-hybridized carbons (Fsp3) is 0.500. The van der Waals surface area contributed by atoms with Crippen molar-refractivity contribution in [1.29, 1.82) is 0 Å². The number of nitrogen functional groups attached to an aromatic ring is 1. The predicted octanol–water partition coefficient (Wildman–Crippen LogP) is 2.67. The third-order valence-corrected chi connectivity index (χ3v) is 4.86. The van der Waals surface area contributed by atoms with Crippen LogP contribution in [0.1, 0.15) is 33.7 Å². The molecule has 1 heterocycles. The summed E-state index contributed by atoms with van der Waals surface area (Å²) in [5.74, 6) is 0.170. The quantitative estimate of drug-likeness (QED) is 0.855. The van der Waals surface area contributed by atoms with E-state index >= 15 is 0 Å². The molecule has 0 atom stereocenters. The summed E-state index contributed by atoms with van der Waals surface area (Å²) in [6, 6.07) is 4.56. The van der Waals surface area contributed by atoms with Crippen LogP contribution >= 0.6 is 0 Å². The highest BCUT2D eigenvalue weighted by atomic mass is 19.1. The molecule has 20 heavy (non-hydrogen) atoms. The summed E-state index contributed by atoms with van der Waals surface area (Å²) >= 11 is 0. The van der Waals surface area contributed by atoms with Gasteiger partial charge in [-0.2, -0.15) is 0 Å². The Morgan fingerprint density at radius 2 is 1.80 bits per heavy atom. The summed E-state index contributed by atoms with van der Waals surface area (Å²) < 4.78 is 15.3. The van der Waals surface area contributed by atoms with Crippen LogP contribution in [-0.2, 0) is 0 Å². The number of anilines is 1. The van der Waals surface area contributed by atoms with Gasteiger partial charge in [0.2, 0.25) is 0 Å². The molecule has 0 saturated heterocycles. The SMILES string of the molecule is CC1(C)C(n2nnnc2-c2cc(N)cc(F)c2)C1(C)C. The molecule has 1 aromatic carbocycles. The van der Waals surface area contributed by atoms with Crippen LogP contribution in [0.5, 0.6) is 0 Å². The summed E-state index contributed by atoms with van der Waals surface area (Å²) in [6.45, 7) is 8.73. The summed E-state index contributed by atoms with van der Waals surface area (Å²) in [4.78, 5) is 0. The highest BCUT2D eigenvalue weighted by Crippen LogP contribution is 2.71. The number of tetrazole rings is 1. The van der Waals surface area contributed by atoms with Gasteiger partial charge < -0.3 is 5.73 Å². The van der Waals surface area contributed by atoms with Crippen molar-refractivity contribution in [3.05, 3.63) is 24.0 Å². The Balaban J connectivity index is 2.08. The van der Waals surface area contributed by atoms with Crippen LogP contribution in [0.3, 0.4) is 0 Å². The predicted molar refractivity (Wildman–Crippen MR) is 74.2 cm³/mol. The van der Waals surface area contributed by atoms with E-state index in [1.165, 1.54) is 12.1 Å². The molecule has 6 heteroatoms. The Bertz CT molecular complexity index is 640. The Kier molecular flexibility index (Phi) is 2.46. The number of hydrogen-bond acceptors (Lipinski definition) is 4. The van der Waals surface area contributed by atoms with Gasteiger partial charge in [0.1, 0.15) is 5.82 Å². The zero-order valence-electron chi connectivity index (χ0n) is 12.1. The second-order valence-electron chi connectivity index (χ2n) is 6.57. The minimum absolute atomic E-state index is 0.0933. The molecule has 5 nitrogen and oxygen atoms in total. The summed E-state index contributed by atoms with van der Waals surface area (Å²) in [7, 11) is 0. The highest BCUT2D eigenvalue weighted by Gasteiger charge is 2.67. The van der Waals surface area contributed by atoms with Gasteiger partial charge in [0.15, 0.2) is 5.82 Å². The smallest absolute Gasteiger partial charge is 0.182 e. The molecule has 0 unspecified atom stereocenters. The molecule has 0 radical (unpaired) electrons. The van der Waals surface area contributed by atoms with E-state index in [1.54, 1.807) is 10.7 Å². The van der Waals surface area contributed by atoms with Crippen molar-refractivity contribution in [1.82, 2.24) is 20.2 Å². The maximum atomic E-state index is 13.5. The van der Waals surface area contributed by atoms with E-state index in [-0.39, 0.29) is 22.7 Å². The number of aromatic nitrogens is 4. The van der Waals surface area contributed by atoms with E-state index in [2.05, 4.69) is 43.2 Å². The number of benzene rings is 1. The van der Waals surface area contributed by atoms with Crippen molar-refractivity contribution in [2.75, 3.05) is 5.73 Å². The second-order valence-corrected chi connectivity index (χ2v) is 6.57. The molecular formula is C14H18FN5. The van der Waals surface area contributed by atoms with Crippen LogP contribution in [0.15, 0.2) is 18.2 Å². The summed E-state index contributed by atoms with van der Waals surface area (Å²) in [6.07, 6.45) is 0. The van der Waals surface area contributed by atoms with Gasteiger partial charge in [-0.3, -0.25) is 0 Å². The van der Waals surface area contributed by atoms with Crippen molar-refractivity contribution < 1.29 is 4.39 Å². The number of halogens is 1. The van der Waals surface area contributed by atoms with Crippen LogP contribution in [0, 0.1) is 16.6 Å². The fourth-order valence-corrected chi connectivity index (χ4v) is 3.07. The van der Waals surface area contributed by atoms with Crippen LogP contribution in [0.4, 0.5) is 10.1 Å². The molecule has 1 aromatic heterocycles. The molecule has 2 aromatic rings. The lowest BCUT2D eigenvalue weighted by molar-refractivity contribution is 0.457. The molecule has 2 N–H and O–H groups in total. The molecule has 0 spiro atoms. The first-order chi connectivity index (χ1) is 9.25. The molecule has 0 amide bonds.